The molecule has 1 aliphatic rings. The highest BCUT2D eigenvalue weighted by atomic mass is 32.2. The largest absolute Gasteiger partial charge is 0.446 e. The normalized spacial score (nSPS) is 15.0. The molecule has 0 aromatic heterocycles. The fraction of sp³-hybridized carbons (Fsp3) is 0.333. The summed E-state index contributed by atoms with van der Waals surface area (Å²) in [5.41, 5.74) is 2.46. The van der Waals surface area contributed by atoms with Crippen LogP contribution in [-0.4, -0.2) is 18.2 Å². The predicted octanol–water partition coefficient (Wildman–Crippen LogP) is 1.16. The van der Waals surface area contributed by atoms with Gasteiger partial charge in [0.15, 0.2) is 0 Å². The Kier molecular flexibility index (Phi) is 2.15. The van der Waals surface area contributed by atoms with Crippen LogP contribution >= 0.6 is 11.8 Å². The van der Waals surface area contributed by atoms with Crippen molar-refractivity contribution in [3.05, 3.63) is 23.8 Å². The maximum Gasteiger partial charge on any atom is 0.324 e. The van der Waals surface area contributed by atoms with E-state index >= 15 is 0 Å². The van der Waals surface area contributed by atoms with E-state index in [-0.39, 0.29) is 6.92 Å². The molecule has 3 heteroatoms. The molecule has 0 saturated heterocycles. The number of rotatable bonds is 1. The Morgan fingerprint density at radius 2 is 2.33 bits per heavy atom. The number of hydrogen-bond donors (Lipinski definition) is 1. The van der Waals surface area contributed by atoms with E-state index in [9.17, 15) is 5.02 Å². The molecule has 2 rings (SSSR count). The topological polar surface area (TPSA) is 20.2 Å². The van der Waals surface area contributed by atoms with Crippen molar-refractivity contribution in [1.29, 1.82) is 0 Å². The van der Waals surface area contributed by atoms with Gasteiger partial charge >= 0.3 is 6.92 Å². The molecule has 0 aliphatic carbocycles. The van der Waals surface area contributed by atoms with Gasteiger partial charge in [0.2, 0.25) is 0 Å². The van der Waals surface area contributed by atoms with E-state index in [0.29, 0.717) is 0 Å². The first-order valence-corrected chi connectivity index (χ1v) is 5.38. The molecule has 0 fully saturated rings. The molecule has 0 radical (unpaired) electrons. The average Bonchev–Trinajstić information content (AvgIpc) is 2.47. The number of hydrogen-bond acceptors (Lipinski definition) is 2. The van der Waals surface area contributed by atoms with E-state index in [2.05, 4.69) is 24.5 Å². The predicted molar refractivity (Wildman–Crippen MR) is 54.3 cm³/mol. The first kappa shape index (κ1) is 8.20. The van der Waals surface area contributed by atoms with Crippen LogP contribution in [-0.2, 0) is 6.42 Å². The summed E-state index contributed by atoms with van der Waals surface area (Å²) in [6, 6.07) is 6.37. The second kappa shape index (κ2) is 3.15. The molecule has 0 spiro atoms. The van der Waals surface area contributed by atoms with Gasteiger partial charge in [-0.05, 0) is 30.5 Å². The molecule has 0 atom stereocenters. The van der Waals surface area contributed by atoms with Crippen LogP contribution in [0.4, 0.5) is 0 Å². The number of aryl methyl sites for hydroxylation is 1. The Morgan fingerprint density at radius 3 is 3.08 bits per heavy atom. The third-order valence-corrected chi connectivity index (χ3v) is 3.12. The lowest BCUT2D eigenvalue weighted by Crippen LogP contribution is -2.25. The lowest BCUT2D eigenvalue weighted by atomic mass is 9.63. The smallest absolute Gasteiger partial charge is 0.324 e. The quantitative estimate of drug-likeness (QED) is 0.514. The van der Waals surface area contributed by atoms with Crippen molar-refractivity contribution in [3.63, 3.8) is 0 Å². The van der Waals surface area contributed by atoms with Crippen LogP contribution in [0.1, 0.15) is 5.56 Å². The Balaban J connectivity index is 2.43. The molecule has 1 aromatic carbocycles. The summed E-state index contributed by atoms with van der Waals surface area (Å²) in [5, 5.41) is 9.59. The summed E-state index contributed by atoms with van der Waals surface area (Å²) >= 11 is 1.73. The fourth-order valence-electron chi connectivity index (χ4n) is 1.69. The minimum atomic E-state index is -0.216. The Hall–Kier alpha value is -0.405. The van der Waals surface area contributed by atoms with Crippen LogP contribution in [0.3, 0.4) is 0 Å². The highest BCUT2D eigenvalue weighted by Gasteiger charge is 2.24. The fourth-order valence-corrected chi connectivity index (χ4v) is 2.13. The number of thioether (sulfide) groups is 1. The van der Waals surface area contributed by atoms with Crippen molar-refractivity contribution in [1.82, 2.24) is 0 Å². The minimum Gasteiger partial charge on any atom is -0.446 e. The first-order valence-electron chi connectivity index (χ1n) is 4.16. The summed E-state index contributed by atoms with van der Waals surface area (Å²) in [6.07, 6.45) is 3.99. The van der Waals surface area contributed by atoms with Gasteiger partial charge in [-0.15, -0.1) is 11.8 Å². The summed E-state index contributed by atoms with van der Waals surface area (Å²) in [4.78, 5) is 1.25. The van der Waals surface area contributed by atoms with Gasteiger partial charge in [0.1, 0.15) is 0 Å². The van der Waals surface area contributed by atoms with Gasteiger partial charge in [0.05, 0.1) is 0 Å². The molecule has 1 aliphatic heterocycles. The second-order valence-electron chi connectivity index (χ2n) is 3.12. The van der Waals surface area contributed by atoms with Crippen LogP contribution in [0, 0.1) is 0 Å². The van der Waals surface area contributed by atoms with Crippen molar-refractivity contribution in [2.75, 3.05) is 6.26 Å². The number of benzene rings is 1. The zero-order chi connectivity index (χ0) is 8.55. The van der Waals surface area contributed by atoms with Crippen LogP contribution in [0.5, 0.6) is 0 Å². The Labute approximate surface area is 77.3 Å². The van der Waals surface area contributed by atoms with Gasteiger partial charge in [-0.1, -0.05) is 17.7 Å². The molecule has 12 heavy (non-hydrogen) atoms. The molecule has 0 unspecified atom stereocenters. The SMILES string of the molecule is CSc1ccc2c(c1)B(O)CC2. The van der Waals surface area contributed by atoms with E-state index in [1.165, 1.54) is 10.5 Å². The molecule has 0 saturated carbocycles. The van der Waals surface area contributed by atoms with Crippen LogP contribution in [0.2, 0.25) is 6.32 Å². The van der Waals surface area contributed by atoms with Crippen molar-refractivity contribution in [3.8, 4) is 0 Å². The zero-order valence-electron chi connectivity index (χ0n) is 7.08. The molecule has 1 nitrogen and oxygen atoms in total. The Bertz CT molecular complexity index is 301. The summed E-state index contributed by atoms with van der Waals surface area (Å²) in [5.74, 6) is 0. The lowest BCUT2D eigenvalue weighted by Gasteiger charge is -2.02. The average molecular weight is 178 g/mol. The third-order valence-electron chi connectivity index (χ3n) is 2.40. The third kappa shape index (κ3) is 1.27. The van der Waals surface area contributed by atoms with Crippen molar-refractivity contribution < 1.29 is 5.02 Å². The van der Waals surface area contributed by atoms with Gasteiger partial charge in [0.25, 0.3) is 0 Å². The first-order chi connectivity index (χ1) is 5.81. The van der Waals surface area contributed by atoms with Crippen molar-refractivity contribution in [2.24, 2.45) is 0 Å². The van der Waals surface area contributed by atoms with Crippen molar-refractivity contribution >= 4 is 24.1 Å². The van der Waals surface area contributed by atoms with Gasteiger partial charge in [0, 0.05) is 4.90 Å². The molecule has 1 heterocycles. The van der Waals surface area contributed by atoms with Crippen molar-refractivity contribution in [2.45, 2.75) is 17.6 Å². The summed E-state index contributed by atoms with van der Waals surface area (Å²) in [6.45, 7) is -0.216. The molecule has 0 bridgehead atoms. The zero-order valence-corrected chi connectivity index (χ0v) is 7.90. The molecule has 0 amide bonds. The molecule has 1 N–H and O–H groups in total. The molecular formula is C9H11BOS. The number of fused-ring (bicyclic) bond motifs is 1. The van der Waals surface area contributed by atoms with Gasteiger partial charge in [-0.25, -0.2) is 0 Å². The van der Waals surface area contributed by atoms with E-state index < -0.39 is 0 Å². The second-order valence-corrected chi connectivity index (χ2v) is 4.00. The van der Waals surface area contributed by atoms with E-state index in [4.69, 9.17) is 0 Å². The molecule has 1 aromatic rings. The van der Waals surface area contributed by atoms with Gasteiger partial charge in [-0.3, -0.25) is 0 Å². The van der Waals surface area contributed by atoms with E-state index in [0.717, 1.165) is 18.2 Å². The van der Waals surface area contributed by atoms with Gasteiger partial charge in [-0.2, -0.15) is 0 Å². The Morgan fingerprint density at radius 1 is 1.50 bits per heavy atom. The van der Waals surface area contributed by atoms with E-state index in [1.54, 1.807) is 11.8 Å². The maximum atomic E-state index is 9.59. The van der Waals surface area contributed by atoms with Crippen LogP contribution in [0.25, 0.3) is 0 Å². The lowest BCUT2D eigenvalue weighted by molar-refractivity contribution is 0.587. The van der Waals surface area contributed by atoms with Gasteiger partial charge < -0.3 is 5.02 Å². The maximum absolute atomic E-state index is 9.59. The highest BCUT2D eigenvalue weighted by Crippen LogP contribution is 2.19. The standard InChI is InChI=1S/C9H11BOS/c1-12-8-3-2-7-4-5-10(11)9(7)6-8/h2-3,6,11H,4-5H2,1H3. The minimum absolute atomic E-state index is 0.216. The summed E-state index contributed by atoms with van der Waals surface area (Å²) in [7, 11) is 0. The molecule has 62 valence electrons. The van der Waals surface area contributed by atoms with Crippen LogP contribution < -0.4 is 5.46 Å². The molecular weight excluding hydrogens is 167 g/mol. The monoisotopic (exact) mass is 178 g/mol. The summed E-state index contributed by atoms with van der Waals surface area (Å²) < 4.78 is 0. The van der Waals surface area contributed by atoms with E-state index in [1.807, 2.05) is 0 Å². The highest BCUT2D eigenvalue weighted by molar-refractivity contribution is 7.98. The van der Waals surface area contributed by atoms with Crippen LogP contribution in [0.15, 0.2) is 23.1 Å².